The highest BCUT2D eigenvalue weighted by Crippen LogP contribution is 2.25. The van der Waals surface area contributed by atoms with Crippen molar-refractivity contribution in [1.29, 1.82) is 0 Å². The smallest absolute Gasteiger partial charge is 0.342 e. The molecule has 2 aromatic rings. The van der Waals surface area contributed by atoms with Crippen LogP contribution < -0.4 is 9.47 Å². The van der Waals surface area contributed by atoms with Crippen molar-refractivity contribution >= 4 is 21.8 Å². The average Bonchev–Trinajstić information content (AvgIpc) is 3.32. The minimum atomic E-state index is -3.55. The summed E-state index contributed by atoms with van der Waals surface area (Å²) in [7, 11) is -0.662. The molecule has 9 heteroatoms. The first-order valence-corrected chi connectivity index (χ1v) is 10.8. The monoisotopic (exact) mass is 433 g/mol. The number of Topliss-reactive ketones (excluding diaryl/α,β-unsaturated/α-hetero) is 1. The van der Waals surface area contributed by atoms with E-state index in [1.165, 1.54) is 48.9 Å². The van der Waals surface area contributed by atoms with E-state index in [1.54, 1.807) is 12.1 Å². The molecule has 1 aliphatic heterocycles. The number of ketones is 1. The Morgan fingerprint density at radius 3 is 2.23 bits per heavy atom. The van der Waals surface area contributed by atoms with E-state index in [4.69, 9.17) is 14.2 Å². The van der Waals surface area contributed by atoms with Crippen LogP contribution in [0, 0.1) is 0 Å². The maximum atomic E-state index is 12.5. The molecule has 3 rings (SSSR count). The van der Waals surface area contributed by atoms with E-state index in [9.17, 15) is 18.0 Å². The normalized spacial score (nSPS) is 14.3. The number of benzene rings is 2. The van der Waals surface area contributed by atoms with Gasteiger partial charge in [0.15, 0.2) is 12.4 Å². The number of esters is 1. The molecule has 30 heavy (non-hydrogen) atoms. The highest BCUT2D eigenvalue weighted by atomic mass is 32.2. The Morgan fingerprint density at radius 1 is 0.967 bits per heavy atom. The molecule has 0 bridgehead atoms. The number of carbonyl (C=O) groups excluding carboxylic acids is 2. The van der Waals surface area contributed by atoms with Gasteiger partial charge in [-0.25, -0.2) is 13.2 Å². The predicted molar refractivity (Wildman–Crippen MR) is 109 cm³/mol. The Bertz CT molecular complexity index is 1030. The molecule has 1 fully saturated rings. The summed E-state index contributed by atoms with van der Waals surface area (Å²) in [5, 5.41) is 0. The summed E-state index contributed by atoms with van der Waals surface area (Å²) in [5.74, 6) is -0.434. The maximum absolute atomic E-state index is 12.5. The molecular weight excluding hydrogens is 410 g/mol. The molecule has 1 heterocycles. The topological polar surface area (TPSA) is 99.2 Å². The van der Waals surface area contributed by atoms with Gasteiger partial charge < -0.3 is 14.2 Å². The summed E-state index contributed by atoms with van der Waals surface area (Å²) < 4.78 is 41.9. The molecule has 1 aliphatic rings. The maximum Gasteiger partial charge on any atom is 0.342 e. The summed E-state index contributed by atoms with van der Waals surface area (Å²) in [6.07, 6.45) is 1.69. The van der Waals surface area contributed by atoms with Crippen molar-refractivity contribution in [2.45, 2.75) is 17.7 Å². The summed E-state index contributed by atoms with van der Waals surface area (Å²) >= 11 is 0. The fraction of sp³-hybridized carbons (Fsp3) is 0.333. The van der Waals surface area contributed by atoms with Crippen molar-refractivity contribution in [2.75, 3.05) is 33.9 Å². The van der Waals surface area contributed by atoms with Crippen LogP contribution in [0.25, 0.3) is 0 Å². The second-order valence-corrected chi connectivity index (χ2v) is 8.64. The lowest BCUT2D eigenvalue weighted by atomic mass is 10.1. The van der Waals surface area contributed by atoms with E-state index in [2.05, 4.69) is 0 Å². The molecule has 1 saturated heterocycles. The van der Waals surface area contributed by atoms with E-state index in [0.717, 1.165) is 12.8 Å². The first kappa shape index (κ1) is 21.8. The van der Waals surface area contributed by atoms with Crippen molar-refractivity contribution in [2.24, 2.45) is 0 Å². The fourth-order valence-electron chi connectivity index (χ4n) is 3.16. The zero-order chi connectivity index (χ0) is 21.7. The Kier molecular flexibility index (Phi) is 6.73. The van der Waals surface area contributed by atoms with Crippen molar-refractivity contribution in [1.82, 2.24) is 4.31 Å². The van der Waals surface area contributed by atoms with Crippen molar-refractivity contribution in [3.63, 3.8) is 0 Å². The largest absolute Gasteiger partial charge is 0.497 e. The molecule has 0 radical (unpaired) electrons. The van der Waals surface area contributed by atoms with E-state index in [-0.39, 0.29) is 16.0 Å². The molecule has 0 aliphatic carbocycles. The Morgan fingerprint density at radius 2 is 1.63 bits per heavy atom. The van der Waals surface area contributed by atoms with Crippen LogP contribution in [0.1, 0.15) is 33.6 Å². The van der Waals surface area contributed by atoms with Gasteiger partial charge in [-0.2, -0.15) is 4.31 Å². The standard InChI is InChI=1S/C21H23NO7S/c1-27-16-7-10-20(28-2)18(13-16)21(24)29-14-19(23)15-5-8-17(9-6-15)30(25,26)22-11-3-4-12-22/h5-10,13H,3-4,11-12,14H2,1-2H3. The molecule has 0 N–H and O–H groups in total. The molecule has 0 aromatic heterocycles. The van der Waals surface area contributed by atoms with E-state index >= 15 is 0 Å². The number of ether oxygens (including phenoxy) is 3. The molecule has 0 saturated carbocycles. The molecule has 0 unspecified atom stereocenters. The lowest BCUT2D eigenvalue weighted by molar-refractivity contribution is 0.0471. The van der Waals surface area contributed by atoms with Gasteiger partial charge in [-0.05, 0) is 55.3 Å². The molecule has 0 amide bonds. The van der Waals surface area contributed by atoms with Crippen LogP contribution in [0.2, 0.25) is 0 Å². The zero-order valence-electron chi connectivity index (χ0n) is 16.8. The third-order valence-corrected chi connectivity index (χ3v) is 6.75. The highest BCUT2D eigenvalue weighted by Gasteiger charge is 2.27. The minimum absolute atomic E-state index is 0.136. The number of nitrogens with zero attached hydrogens (tertiary/aromatic N) is 1. The minimum Gasteiger partial charge on any atom is -0.497 e. The molecule has 0 atom stereocenters. The van der Waals surface area contributed by atoms with Gasteiger partial charge >= 0.3 is 5.97 Å². The Balaban J connectivity index is 1.66. The Labute approximate surface area is 175 Å². The van der Waals surface area contributed by atoms with Gasteiger partial charge in [0.1, 0.15) is 17.1 Å². The first-order valence-electron chi connectivity index (χ1n) is 9.39. The number of carbonyl (C=O) groups is 2. The van der Waals surface area contributed by atoms with Crippen molar-refractivity contribution in [3.8, 4) is 11.5 Å². The van der Waals surface area contributed by atoms with Gasteiger partial charge in [-0.3, -0.25) is 4.79 Å². The van der Waals surface area contributed by atoms with Crippen LogP contribution in [0.15, 0.2) is 47.4 Å². The zero-order valence-corrected chi connectivity index (χ0v) is 17.6. The van der Waals surface area contributed by atoms with E-state index < -0.39 is 28.4 Å². The number of hydrogen-bond acceptors (Lipinski definition) is 7. The predicted octanol–water partition coefficient (Wildman–Crippen LogP) is 2.53. The molecule has 160 valence electrons. The third-order valence-electron chi connectivity index (χ3n) is 4.84. The molecule has 2 aromatic carbocycles. The number of methoxy groups -OCH3 is 2. The third kappa shape index (κ3) is 4.63. The second-order valence-electron chi connectivity index (χ2n) is 6.70. The summed E-state index contributed by atoms with van der Waals surface area (Å²) in [6.45, 7) is 0.525. The number of hydrogen-bond donors (Lipinski definition) is 0. The SMILES string of the molecule is COc1ccc(OC)c(C(=O)OCC(=O)c2ccc(S(=O)(=O)N3CCCC3)cc2)c1. The van der Waals surface area contributed by atoms with Crippen LogP contribution in [-0.4, -0.2) is 58.4 Å². The van der Waals surface area contributed by atoms with Crippen LogP contribution in [-0.2, 0) is 14.8 Å². The van der Waals surface area contributed by atoms with Gasteiger partial charge in [0.2, 0.25) is 10.0 Å². The van der Waals surface area contributed by atoms with Crippen molar-refractivity contribution < 1.29 is 32.2 Å². The van der Waals surface area contributed by atoms with E-state index in [0.29, 0.717) is 24.6 Å². The van der Waals surface area contributed by atoms with Crippen LogP contribution in [0.3, 0.4) is 0 Å². The summed E-state index contributed by atoms with van der Waals surface area (Å²) in [4.78, 5) is 24.9. The van der Waals surface area contributed by atoms with Gasteiger partial charge in [0, 0.05) is 18.7 Å². The van der Waals surface area contributed by atoms with Crippen LogP contribution in [0.4, 0.5) is 0 Å². The number of sulfonamides is 1. The van der Waals surface area contributed by atoms with Gasteiger partial charge in [0.05, 0.1) is 19.1 Å². The van der Waals surface area contributed by atoms with Gasteiger partial charge in [-0.1, -0.05) is 0 Å². The van der Waals surface area contributed by atoms with E-state index in [1.807, 2.05) is 0 Å². The quantitative estimate of drug-likeness (QED) is 0.466. The molecule has 0 spiro atoms. The fourth-order valence-corrected chi connectivity index (χ4v) is 4.67. The Hall–Kier alpha value is -2.91. The lowest BCUT2D eigenvalue weighted by Gasteiger charge is -2.15. The number of rotatable bonds is 8. The van der Waals surface area contributed by atoms with Gasteiger partial charge in [0.25, 0.3) is 0 Å². The lowest BCUT2D eigenvalue weighted by Crippen LogP contribution is -2.27. The van der Waals surface area contributed by atoms with Crippen LogP contribution >= 0.6 is 0 Å². The molecular formula is C21H23NO7S. The van der Waals surface area contributed by atoms with Crippen LogP contribution in [0.5, 0.6) is 11.5 Å². The summed E-state index contributed by atoms with van der Waals surface area (Å²) in [5.41, 5.74) is 0.387. The highest BCUT2D eigenvalue weighted by molar-refractivity contribution is 7.89. The average molecular weight is 433 g/mol. The second kappa shape index (κ2) is 9.27. The van der Waals surface area contributed by atoms with Crippen molar-refractivity contribution in [3.05, 3.63) is 53.6 Å². The molecule has 8 nitrogen and oxygen atoms in total. The summed E-state index contributed by atoms with van der Waals surface area (Å²) in [6, 6.07) is 10.3. The van der Waals surface area contributed by atoms with Gasteiger partial charge in [-0.15, -0.1) is 0 Å². The first-order chi connectivity index (χ1) is 14.4.